The minimum Gasteiger partial charge on any atom is -0.487 e. The molecule has 0 bridgehead atoms. The van der Waals surface area contributed by atoms with E-state index in [0.29, 0.717) is 40.7 Å². The Balaban J connectivity index is 1.57. The van der Waals surface area contributed by atoms with Crippen LogP contribution in [-0.4, -0.2) is 76.8 Å². The van der Waals surface area contributed by atoms with Crippen LogP contribution in [0.3, 0.4) is 0 Å². The summed E-state index contributed by atoms with van der Waals surface area (Å²) >= 11 is 0. The summed E-state index contributed by atoms with van der Waals surface area (Å²) in [6, 6.07) is 4.24. The Morgan fingerprint density at radius 3 is 2.62 bits per heavy atom. The maximum Gasteiger partial charge on any atom is 0.321 e. The normalized spacial score (nSPS) is 20.3. The Bertz CT molecular complexity index is 1160. The number of amides is 4. The first-order chi connectivity index (χ1) is 17.6. The van der Waals surface area contributed by atoms with Gasteiger partial charge in [0.25, 0.3) is 5.91 Å². The molecule has 0 radical (unpaired) electrons. The number of aryl methyl sites for hydroxylation is 2. The molecule has 0 spiro atoms. The molecule has 0 unspecified atom stereocenters. The van der Waals surface area contributed by atoms with Crippen molar-refractivity contribution in [2.45, 2.75) is 52.7 Å². The Morgan fingerprint density at radius 1 is 1.27 bits per heavy atom. The van der Waals surface area contributed by atoms with Gasteiger partial charge in [0.1, 0.15) is 23.2 Å². The van der Waals surface area contributed by atoms with Crippen LogP contribution < -0.4 is 15.4 Å². The largest absolute Gasteiger partial charge is 0.487 e. The number of benzene rings is 1. The molecule has 2 heterocycles. The highest BCUT2D eigenvalue weighted by atomic mass is 16.5. The summed E-state index contributed by atoms with van der Waals surface area (Å²) in [6.45, 7) is 7.57. The van der Waals surface area contributed by atoms with Gasteiger partial charge >= 0.3 is 6.03 Å². The predicted molar refractivity (Wildman–Crippen MR) is 137 cm³/mol. The second-order valence-corrected chi connectivity index (χ2v) is 10.1. The number of rotatable bonds is 7. The Labute approximate surface area is 216 Å². The molecule has 3 atom stereocenters. The highest BCUT2D eigenvalue weighted by Gasteiger charge is 2.35. The molecule has 4 amide bonds. The van der Waals surface area contributed by atoms with Crippen molar-refractivity contribution in [1.82, 2.24) is 15.0 Å². The number of likely N-dealkylation sites (N-methyl/N-ethyl adjacent to an activating group) is 1. The summed E-state index contributed by atoms with van der Waals surface area (Å²) in [7, 11) is 1.67. The number of anilines is 2. The Kier molecular flexibility index (Phi) is 7.72. The lowest BCUT2D eigenvalue weighted by Gasteiger charge is -2.38. The topological polar surface area (TPSA) is 137 Å². The van der Waals surface area contributed by atoms with E-state index in [1.165, 1.54) is 4.90 Å². The van der Waals surface area contributed by atoms with Gasteiger partial charge in [-0.2, -0.15) is 0 Å². The van der Waals surface area contributed by atoms with Crippen molar-refractivity contribution in [1.29, 1.82) is 0 Å². The summed E-state index contributed by atoms with van der Waals surface area (Å²) < 4.78 is 11.5. The number of carbonyl (C=O) groups excluding carboxylic acids is 3. The zero-order valence-corrected chi connectivity index (χ0v) is 21.9. The van der Waals surface area contributed by atoms with E-state index in [9.17, 15) is 19.5 Å². The number of carbonyl (C=O) groups is 3. The number of fused-ring (bicyclic) bond motifs is 1. The highest BCUT2D eigenvalue weighted by molar-refractivity contribution is 6.00. The fourth-order valence-electron chi connectivity index (χ4n) is 4.32. The monoisotopic (exact) mass is 513 g/mol. The quantitative estimate of drug-likeness (QED) is 0.517. The van der Waals surface area contributed by atoms with Gasteiger partial charge in [-0.3, -0.25) is 9.59 Å². The van der Waals surface area contributed by atoms with Crippen molar-refractivity contribution in [3.63, 3.8) is 0 Å². The van der Waals surface area contributed by atoms with Crippen molar-refractivity contribution >= 4 is 29.2 Å². The van der Waals surface area contributed by atoms with Gasteiger partial charge in [0.05, 0.1) is 24.8 Å². The SMILES string of the molecule is Cc1noc(C)c1NC(=O)N(C)C[C@H]1Oc2ccc(NC(=O)C3CC3)cc2C(=O)N([C@H](C)CO)C[C@H]1C. The van der Waals surface area contributed by atoms with Crippen molar-refractivity contribution < 1.29 is 28.8 Å². The Hall–Kier alpha value is -3.60. The van der Waals surface area contributed by atoms with Crippen LogP contribution in [0.2, 0.25) is 0 Å². The standard InChI is InChI=1S/C26H35N5O6/c1-14-11-31(15(2)13-32)25(34)20-10-19(27-24(33)18-6-7-18)8-9-21(20)36-22(14)12-30(5)26(35)28-23-16(3)29-37-17(23)4/h8-10,14-15,18,22,32H,6-7,11-13H2,1-5H3,(H,27,33)(H,28,35)/t14-,15-,22-/m1/s1. The van der Waals surface area contributed by atoms with E-state index in [4.69, 9.17) is 9.26 Å². The maximum atomic E-state index is 13.5. The van der Waals surface area contributed by atoms with Crippen molar-refractivity contribution in [3.05, 3.63) is 35.2 Å². The molecule has 3 N–H and O–H groups in total. The van der Waals surface area contributed by atoms with E-state index in [-0.39, 0.29) is 42.8 Å². The van der Waals surface area contributed by atoms with E-state index in [0.717, 1.165) is 12.8 Å². The van der Waals surface area contributed by atoms with E-state index in [1.54, 1.807) is 50.9 Å². The number of aliphatic hydroxyl groups excluding tert-OH is 1. The molecule has 1 aromatic carbocycles. The smallest absolute Gasteiger partial charge is 0.321 e. The number of hydrogen-bond acceptors (Lipinski definition) is 7. The molecule has 2 aliphatic rings. The van der Waals surface area contributed by atoms with Gasteiger partial charge < -0.3 is 34.8 Å². The number of urea groups is 1. The average Bonchev–Trinajstić information content (AvgIpc) is 3.68. The predicted octanol–water partition coefficient (Wildman–Crippen LogP) is 3.02. The fraction of sp³-hybridized carbons (Fsp3) is 0.538. The molecule has 0 saturated heterocycles. The first kappa shape index (κ1) is 26.5. The molecular formula is C26H35N5O6. The fourth-order valence-corrected chi connectivity index (χ4v) is 4.32. The van der Waals surface area contributed by atoms with E-state index >= 15 is 0 Å². The molecule has 1 saturated carbocycles. The van der Waals surface area contributed by atoms with Gasteiger partial charge in [0.15, 0.2) is 5.76 Å². The van der Waals surface area contributed by atoms with E-state index in [2.05, 4.69) is 15.8 Å². The van der Waals surface area contributed by atoms with Crippen LogP contribution >= 0.6 is 0 Å². The number of nitrogens with one attached hydrogen (secondary N) is 2. The lowest BCUT2D eigenvalue weighted by molar-refractivity contribution is -0.117. The number of nitrogens with zero attached hydrogens (tertiary/aromatic N) is 3. The number of aliphatic hydroxyl groups is 1. The molecule has 1 aliphatic carbocycles. The summed E-state index contributed by atoms with van der Waals surface area (Å²) in [5, 5.41) is 19.4. The van der Waals surface area contributed by atoms with Gasteiger partial charge in [-0.15, -0.1) is 0 Å². The molecule has 1 aromatic heterocycles. The minimum absolute atomic E-state index is 0.0252. The molecule has 200 valence electrons. The van der Waals surface area contributed by atoms with Crippen LogP contribution in [0.1, 0.15) is 48.5 Å². The number of aromatic nitrogens is 1. The van der Waals surface area contributed by atoms with Gasteiger partial charge in [-0.05, 0) is 51.8 Å². The third kappa shape index (κ3) is 5.87. The van der Waals surface area contributed by atoms with Crippen LogP contribution in [0.5, 0.6) is 5.75 Å². The second-order valence-electron chi connectivity index (χ2n) is 10.1. The average molecular weight is 514 g/mol. The lowest BCUT2D eigenvalue weighted by Crippen LogP contribution is -2.50. The lowest BCUT2D eigenvalue weighted by atomic mass is 9.99. The zero-order chi connectivity index (χ0) is 26.9. The molecule has 4 rings (SSSR count). The van der Waals surface area contributed by atoms with Crippen LogP contribution in [0.15, 0.2) is 22.7 Å². The third-order valence-corrected chi connectivity index (χ3v) is 6.95. The van der Waals surface area contributed by atoms with Crippen molar-refractivity contribution in [2.24, 2.45) is 11.8 Å². The first-order valence-electron chi connectivity index (χ1n) is 12.6. The molecule has 11 nitrogen and oxygen atoms in total. The van der Waals surface area contributed by atoms with Gasteiger partial charge in [-0.1, -0.05) is 12.1 Å². The number of ether oxygens (including phenoxy) is 1. The summed E-state index contributed by atoms with van der Waals surface area (Å²) in [5.74, 6) is 0.402. The Morgan fingerprint density at radius 2 is 2.00 bits per heavy atom. The van der Waals surface area contributed by atoms with Crippen LogP contribution in [-0.2, 0) is 4.79 Å². The molecule has 11 heteroatoms. The summed E-state index contributed by atoms with van der Waals surface area (Å²) in [5.41, 5.74) is 1.93. The molecule has 37 heavy (non-hydrogen) atoms. The van der Waals surface area contributed by atoms with E-state index in [1.807, 2.05) is 6.92 Å². The molecule has 1 fully saturated rings. The van der Waals surface area contributed by atoms with Crippen molar-refractivity contribution in [2.75, 3.05) is 37.4 Å². The van der Waals surface area contributed by atoms with Crippen molar-refractivity contribution in [3.8, 4) is 5.75 Å². The minimum atomic E-state index is -0.451. The van der Waals surface area contributed by atoms with E-state index < -0.39 is 12.1 Å². The van der Waals surface area contributed by atoms with Crippen LogP contribution in [0.25, 0.3) is 0 Å². The van der Waals surface area contributed by atoms with Gasteiger partial charge in [0.2, 0.25) is 5.91 Å². The number of hydrogen-bond donors (Lipinski definition) is 3. The van der Waals surface area contributed by atoms with Gasteiger partial charge in [-0.25, -0.2) is 4.79 Å². The van der Waals surface area contributed by atoms with Gasteiger partial charge in [0, 0.05) is 31.1 Å². The molecule has 2 aromatic rings. The highest BCUT2D eigenvalue weighted by Crippen LogP contribution is 2.33. The van der Waals surface area contributed by atoms with Crippen LogP contribution in [0.4, 0.5) is 16.2 Å². The summed E-state index contributed by atoms with van der Waals surface area (Å²) in [6.07, 6.45) is 1.29. The zero-order valence-electron chi connectivity index (χ0n) is 21.9. The maximum absolute atomic E-state index is 13.5. The first-order valence-corrected chi connectivity index (χ1v) is 12.6. The molecular weight excluding hydrogens is 478 g/mol. The second kappa shape index (κ2) is 10.8. The van der Waals surface area contributed by atoms with Crippen LogP contribution in [0, 0.1) is 25.7 Å². The molecule has 1 aliphatic heterocycles. The summed E-state index contributed by atoms with van der Waals surface area (Å²) in [4.78, 5) is 41.9. The third-order valence-electron chi connectivity index (χ3n) is 6.95.